The first kappa shape index (κ1) is 12.9. The molecule has 1 aromatic heterocycles. The Morgan fingerprint density at radius 3 is 2.41 bits per heavy atom. The molecule has 0 radical (unpaired) electrons. The summed E-state index contributed by atoms with van der Waals surface area (Å²) >= 11 is 5.00. The van der Waals surface area contributed by atoms with Gasteiger partial charge in [0, 0.05) is 5.56 Å². The number of hydrogen-bond donors (Lipinski definition) is 0. The van der Waals surface area contributed by atoms with Crippen molar-refractivity contribution in [2.75, 3.05) is 6.26 Å². The van der Waals surface area contributed by atoms with E-state index in [2.05, 4.69) is 0 Å². The Bertz CT molecular complexity index is 571. The van der Waals surface area contributed by atoms with Crippen LogP contribution in [-0.4, -0.2) is 11.4 Å². The molecule has 0 amide bonds. The van der Waals surface area contributed by atoms with E-state index in [1.54, 1.807) is 12.1 Å². The second-order valence-corrected chi connectivity index (χ2v) is 7.53. The van der Waals surface area contributed by atoms with Gasteiger partial charge in [0.25, 0.3) is 4.06 Å². The first-order valence-electron chi connectivity index (χ1n) is 4.66. The molecule has 2 aromatic rings. The Hall–Kier alpha value is -0.560. The van der Waals surface area contributed by atoms with E-state index in [-0.39, 0.29) is 9.17 Å². The van der Waals surface area contributed by atoms with Gasteiger partial charge in [-0.2, -0.15) is 0 Å². The Balaban J connectivity index is 2.21. The van der Waals surface area contributed by atoms with Crippen LogP contribution in [0, 0.1) is 0 Å². The monoisotopic (exact) mass is 300 g/mol. The molecule has 2 rings (SSSR count). The second-order valence-electron chi connectivity index (χ2n) is 2.99. The second kappa shape index (κ2) is 5.86. The van der Waals surface area contributed by atoms with E-state index in [1.165, 1.54) is 23.1 Å². The normalized spacial score (nSPS) is 10.4. The van der Waals surface area contributed by atoms with Crippen LogP contribution in [0.1, 0.15) is 10.4 Å². The SMILES string of the molecule is CSc1sc(=O)sc1SC(=O)c1ccccc1. The molecule has 0 atom stereocenters. The molecule has 6 heteroatoms. The van der Waals surface area contributed by atoms with Gasteiger partial charge < -0.3 is 0 Å². The van der Waals surface area contributed by atoms with Crippen LogP contribution in [-0.2, 0) is 0 Å². The molecule has 0 bridgehead atoms. The smallest absolute Gasteiger partial charge is 0.281 e. The zero-order valence-electron chi connectivity index (χ0n) is 8.84. The average molecular weight is 300 g/mol. The Morgan fingerprint density at radius 2 is 1.76 bits per heavy atom. The van der Waals surface area contributed by atoms with E-state index in [9.17, 15) is 9.59 Å². The van der Waals surface area contributed by atoms with E-state index in [0.29, 0.717) is 5.56 Å². The van der Waals surface area contributed by atoms with Gasteiger partial charge in [0.15, 0.2) is 0 Å². The quantitative estimate of drug-likeness (QED) is 0.807. The third-order valence-corrected chi connectivity index (χ3v) is 6.66. The van der Waals surface area contributed by atoms with Gasteiger partial charge in [-0.05, 0) is 18.0 Å². The molecule has 0 aliphatic carbocycles. The Morgan fingerprint density at radius 1 is 1.12 bits per heavy atom. The Labute approximate surface area is 115 Å². The summed E-state index contributed by atoms with van der Waals surface area (Å²) in [5, 5.41) is -0.0186. The first-order chi connectivity index (χ1) is 8.20. The van der Waals surface area contributed by atoms with E-state index >= 15 is 0 Å². The summed E-state index contributed by atoms with van der Waals surface area (Å²) in [6.45, 7) is 0. The summed E-state index contributed by atoms with van der Waals surface area (Å²) in [6.07, 6.45) is 1.91. The van der Waals surface area contributed by atoms with Crippen molar-refractivity contribution in [2.45, 2.75) is 8.42 Å². The lowest BCUT2D eigenvalue weighted by molar-refractivity contribution is 0.108. The van der Waals surface area contributed by atoms with Crippen LogP contribution < -0.4 is 4.06 Å². The lowest BCUT2D eigenvalue weighted by atomic mass is 10.2. The van der Waals surface area contributed by atoms with Crippen molar-refractivity contribution >= 4 is 51.3 Å². The van der Waals surface area contributed by atoms with Crippen molar-refractivity contribution in [2.24, 2.45) is 0 Å². The van der Waals surface area contributed by atoms with Gasteiger partial charge in [-0.3, -0.25) is 9.59 Å². The number of thioether (sulfide) groups is 2. The van der Waals surface area contributed by atoms with Crippen LogP contribution in [0.2, 0.25) is 0 Å². The van der Waals surface area contributed by atoms with Crippen LogP contribution in [0.4, 0.5) is 0 Å². The maximum atomic E-state index is 12.0. The highest BCUT2D eigenvalue weighted by molar-refractivity contribution is 8.16. The van der Waals surface area contributed by atoms with Crippen molar-refractivity contribution in [3.8, 4) is 0 Å². The zero-order valence-corrected chi connectivity index (χ0v) is 12.1. The molecule has 17 heavy (non-hydrogen) atoms. The van der Waals surface area contributed by atoms with Crippen molar-refractivity contribution < 1.29 is 4.79 Å². The van der Waals surface area contributed by atoms with Crippen LogP contribution in [0.5, 0.6) is 0 Å². The van der Waals surface area contributed by atoms with Crippen molar-refractivity contribution in [1.29, 1.82) is 0 Å². The number of hydrogen-bond acceptors (Lipinski definition) is 6. The van der Waals surface area contributed by atoms with Gasteiger partial charge in [-0.25, -0.2) is 0 Å². The lowest BCUT2D eigenvalue weighted by Crippen LogP contribution is -1.91. The molecule has 0 saturated heterocycles. The molecule has 0 unspecified atom stereocenters. The molecular formula is C11H8O2S4. The third-order valence-electron chi connectivity index (χ3n) is 1.90. The van der Waals surface area contributed by atoms with Crippen molar-refractivity contribution in [3.05, 3.63) is 44.7 Å². The number of rotatable bonds is 3. The third kappa shape index (κ3) is 3.22. The van der Waals surface area contributed by atoms with Crippen LogP contribution in [0.3, 0.4) is 0 Å². The van der Waals surface area contributed by atoms with Gasteiger partial charge in [-0.15, -0.1) is 11.8 Å². The highest BCUT2D eigenvalue weighted by Crippen LogP contribution is 2.36. The molecule has 0 N–H and O–H groups in total. The number of carbonyl (C=O) groups excluding carboxylic acids is 1. The average Bonchev–Trinajstić information content (AvgIpc) is 2.70. The molecule has 0 aliphatic rings. The summed E-state index contributed by atoms with van der Waals surface area (Å²) in [5.74, 6) is 0. The van der Waals surface area contributed by atoms with Crippen molar-refractivity contribution in [3.63, 3.8) is 0 Å². The summed E-state index contributed by atoms with van der Waals surface area (Å²) < 4.78 is 1.77. The van der Waals surface area contributed by atoms with Gasteiger partial charge in [0.1, 0.15) is 0 Å². The molecule has 2 nitrogen and oxygen atoms in total. The topological polar surface area (TPSA) is 34.1 Å². The maximum absolute atomic E-state index is 12.0. The molecule has 1 aromatic carbocycles. The van der Waals surface area contributed by atoms with E-state index in [1.807, 2.05) is 24.5 Å². The van der Waals surface area contributed by atoms with Crippen molar-refractivity contribution in [1.82, 2.24) is 0 Å². The van der Waals surface area contributed by atoms with Gasteiger partial charge in [0.05, 0.1) is 8.42 Å². The number of carbonyl (C=O) groups is 1. The van der Waals surface area contributed by atoms with Crippen LogP contribution >= 0.6 is 46.2 Å². The van der Waals surface area contributed by atoms with E-state index < -0.39 is 0 Å². The van der Waals surface area contributed by atoms with E-state index in [0.717, 1.165) is 31.5 Å². The van der Waals surface area contributed by atoms with Gasteiger partial charge in [-0.1, -0.05) is 53.0 Å². The molecule has 0 saturated carbocycles. The van der Waals surface area contributed by atoms with Gasteiger partial charge >= 0.3 is 0 Å². The minimum atomic E-state index is -0.0186. The fourth-order valence-electron chi connectivity index (χ4n) is 1.16. The van der Waals surface area contributed by atoms with Crippen LogP contribution in [0.15, 0.2) is 43.5 Å². The molecule has 0 fully saturated rings. The molecule has 0 spiro atoms. The van der Waals surface area contributed by atoms with E-state index in [4.69, 9.17) is 0 Å². The molecular weight excluding hydrogens is 292 g/mol. The van der Waals surface area contributed by atoms with Crippen LogP contribution in [0.25, 0.3) is 0 Å². The molecule has 1 heterocycles. The van der Waals surface area contributed by atoms with Gasteiger partial charge in [0.2, 0.25) is 5.12 Å². The molecule has 88 valence electrons. The minimum Gasteiger partial charge on any atom is -0.281 e. The standard InChI is InChI=1S/C11H8O2S4/c1-14-9-10(17-11(13)16-9)15-8(12)7-5-3-2-4-6-7/h2-6H,1H3. The summed E-state index contributed by atoms with van der Waals surface area (Å²) in [4.78, 5) is 23.2. The number of benzene rings is 1. The molecule has 0 aliphatic heterocycles. The first-order valence-corrected chi connectivity index (χ1v) is 8.33. The zero-order chi connectivity index (χ0) is 12.3. The predicted octanol–water partition coefficient (Wildman–Crippen LogP) is 3.82. The predicted molar refractivity (Wildman–Crippen MR) is 76.9 cm³/mol. The summed E-state index contributed by atoms with van der Waals surface area (Å²) in [7, 11) is 0. The summed E-state index contributed by atoms with van der Waals surface area (Å²) in [5.41, 5.74) is 0.662. The fraction of sp³-hybridized carbons (Fsp3) is 0.0909. The Kier molecular flexibility index (Phi) is 4.44. The lowest BCUT2D eigenvalue weighted by Gasteiger charge is -1.99. The minimum absolute atomic E-state index is 0.0186. The summed E-state index contributed by atoms with van der Waals surface area (Å²) in [6, 6.07) is 9.10. The maximum Gasteiger partial charge on any atom is 0.289 e. The largest absolute Gasteiger partial charge is 0.289 e. The fourth-order valence-corrected chi connectivity index (χ4v) is 5.72. The highest BCUT2D eigenvalue weighted by atomic mass is 32.2. The highest BCUT2D eigenvalue weighted by Gasteiger charge is 2.14.